The van der Waals surface area contributed by atoms with Crippen LogP contribution in [0.4, 0.5) is 20.4 Å². The van der Waals surface area contributed by atoms with E-state index in [4.69, 9.17) is 5.73 Å². The lowest BCUT2D eigenvalue weighted by Gasteiger charge is -2.20. The Morgan fingerprint density at radius 2 is 1.83 bits per heavy atom. The zero-order chi connectivity index (χ0) is 29.1. The van der Waals surface area contributed by atoms with Crippen LogP contribution in [0.1, 0.15) is 46.3 Å². The van der Waals surface area contributed by atoms with Crippen LogP contribution in [0, 0.1) is 23.0 Å². The maximum Gasteiger partial charge on any atom is 0.274 e. The number of anilines is 2. The van der Waals surface area contributed by atoms with Crippen LogP contribution < -0.4 is 16.4 Å². The smallest absolute Gasteiger partial charge is 0.274 e. The number of aliphatic hydroxyl groups excluding tert-OH is 1. The second-order valence-electron chi connectivity index (χ2n) is 9.16. The van der Waals surface area contributed by atoms with Crippen molar-refractivity contribution >= 4 is 28.6 Å². The fourth-order valence-corrected chi connectivity index (χ4v) is 4.22. The van der Waals surface area contributed by atoms with E-state index >= 15 is 0 Å². The van der Waals surface area contributed by atoms with Crippen LogP contribution in [0.25, 0.3) is 22.2 Å². The molecule has 0 bridgehead atoms. The number of benzene rings is 2. The van der Waals surface area contributed by atoms with E-state index in [-0.39, 0.29) is 23.8 Å². The molecule has 0 radical (unpaired) electrons. The number of pyridine rings is 1. The molecule has 3 heterocycles. The fourth-order valence-electron chi connectivity index (χ4n) is 4.22. The van der Waals surface area contributed by atoms with E-state index in [0.29, 0.717) is 28.0 Å². The summed E-state index contributed by atoms with van der Waals surface area (Å²) in [7, 11) is 0. The number of aliphatic hydroxyl groups is 1. The Morgan fingerprint density at radius 3 is 2.54 bits per heavy atom. The summed E-state index contributed by atoms with van der Waals surface area (Å²) in [4.78, 5) is 25.8. The highest BCUT2D eigenvalue weighted by molar-refractivity contribution is 5.97. The van der Waals surface area contributed by atoms with Gasteiger partial charge in [-0.05, 0) is 41.8 Å². The molecule has 0 aliphatic carbocycles. The number of aromatic amines is 1. The summed E-state index contributed by atoms with van der Waals surface area (Å²) in [6, 6.07) is 12.9. The topological polar surface area (TPSA) is 179 Å². The molecule has 0 fully saturated rings. The molecule has 5 aromatic rings. The van der Waals surface area contributed by atoms with Gasteiger partial charge >= 0.3 is 0 Å². The monoisotopic (exact) mass is 555 g/mol. The number of rotatable bonds is 8. The first-order chi connectivity index (χ1) is 19.8. The van der Waals surface area contributed by atoms with Crippen molar-refractivity contribution in [3.05, 3.63) is 95.1 Å². The van der Waals surface area contributed by atoms with Gasteiger partial charge in [-0.3, -0.25) is 9.89 Å². The maximum absolute atomic E-state index is 13.7. The van der Waals surface area contributed by atoms with Crippen LogP contribution in [-0.4, -0.2) is 42.8 Å². The van der Waals surface area contributed by atoms with Crippen LogP contribution in [0.5, 0.6) is 0 Å². The van der Waals surface area contributed by atoms with Gasteiger partial charge < -0.3 is 21.5 Å². The van der Waals surface area contributed by atoms with E-state index in [1.165, 1.54) is 12.3 Å². The van der Waals surface area contributed by atoms with Gasteiger partial charge in [-0.1, -0.05) is 30.3 Å². The van der Waals surface area contributed by atoms with E-state index in [1.54, 1.807) is 25.3 Å². The van der Waals surface area contributed by atoms with E-state index in [9.17, 15) is 23.9 Å². The molecule has 0 saturated carbocycles. The van der Waals surface area contributed by atoms with Gasteiger partial charge in [-0.2, -0.15) is 10.4 Å². The number of H-pyrrole nitrogens is 1. The van der Waals surface area contributed by atoms with Crippen molar-refractivity contribution in [3.8, 4) is 17.2 Å². The van der Waals surface area contributed by atoms with Gasteiger partial charge in [0.2, 0.25) is 0 Å². The minimum absolute atomic E-state index is 0.0206. The second-order valence-corrected chi connectivity index (χ2v) is 9.16. The normalized spacial score (nSPS) is 12.5. The minimum Gasteiger partial charge on any atom is -0.394 e. The van der Waals surface area contributed by atoms with E-state index in [0.717, 1.165) is 23.3 Å². The van der Waals surface area contributed by atoms with Crippen LogP contribution in [0.15, 0.2) is 60.9 Å². The number of nitrogens with zero attached hydrogens (tertiary/aromatic N) is 5. The highest BCUT2D eigenvalue weighted by atomic mass is 19.2. The average molecular weight is 556 g/mol. The first kappa shape index (κ1) is 27.1. The predicted octanol–water partition coefficient (Wildman–Crippen LogP) is 3.78. The number of nitrogens with two attached hydrogens (primary N) is 1. The second kappa shape index (κ2) is 11.3. The SMILES string of the molecule is C[C@H](NC(=O)c1nc(C#N)cnc1N[C@@H](CO)c1ccc(-c2cnc3[nH]nc(N)c3c2)cc1)c1ccc(F)c(F)c1. The minimum atomic E-state index is -1.04. The van der Waals surface area contributed by atoms with E-state index in [1.807, 2.05) is 24.3 Å². The first-order valence-corrected chi connectivity index (χ1v) is 12.4. The summed E-state index contributed by atoms with van der Waals surface area (Å²) in [5.74, 6) is -2.39. The molecule has 6 N–H and O–H groups in total. The number of halogens is 2. The molecule has 5 rings (SSSR count). The third-order valence-corrected chi connectivity index (χ3v) is 6.48. The molecule has 1 amide bonds. The lowest BCUT2D eigenvalue weighted by Crippen LogP contribution is -2.29. The molecule has 2 aromatic carbocycles. The molecule has 3 aromatic heterocycles. The van der Waals surface area contributed by atoms with E-state index in [2.05, 4.69) is 35.8 Å². The average Bonchev–Trinajstić information content (AvgIpc) is 3.37. The highest BCUT2D eigenvalue weighted by Gasteiger charge is 2.22. The molecule has 0 saturated heterocycles. The predicted molar refractivity (Wildman–Crippen MR) is 146 cm³/mol. The van der Waals surface area contributed by atoms with Crippen LogP contribution in [0.2, 0.25) is 0 Å². The Balaban J connectivity index is 1.37. The number of hydrogen-bond acceptors (Lipinski definition) is 9. The van der Waals surface area contributed by atoms with Gasteiger partial charge in [-0.15, -0.1) is 0 Å². The summed E-state index contributed by atoms with van der Waals surface area (Å²) in [6.07, 6.45) is 2.88. The van der Waals surface area contributed by atoms with Crippen molar-refractivity contribution in [2.75, 3.05) is 17.7 Å². The Kier molecular flexibility index (Phi) is 7.49. The molecule has 2 atom stereocenters. The van der Waals surface area contributed by atoms with Crippen molar-refractivity contribution in [1.29, 1.82) is 5.26 Å². The van der Waals surface area contributed by atoms with Gasteiger partial charge in [0.05, 0.1) is 30.3 Å². The summed E-state index contributed by atoms with van der Waals surface area (Å²) >= 11 is 0. The zero-order valence-electron chi connectivity index (χ0n) is 21.6. The molecule has 0 spiro atoms. The van der Waals surface area contributed by atoms with Crippen molar-refractivity contribution < 1.29 is 18.7 Å². The number of nitrogens with one attached hydrogen (secondary N) is 3. The maximum atomic E-state index is 13.7. The zero-order valence-corrected chi connectivity index (χ0v) is 21.6. The summed E-state index contributed by atoms with van der Waals surface area (Å²) < 4.78 is 27.0. The molecule has 0 aliphatic rings. The van der Waals surface area contributed by atoms with Gasteiger partial charge in [-0.25, -0.2) is 23.7 Å². The summed E-state index contributed by atoms with van der Waals surface area (Å²) in [6.45, 7) is 1.23. The number of nitrogen functional groups attached to an aromatic ring is 1. The number of carbonyl (C=O) groups excluding carboxylic acids is 1. The van der Waals surface area contributed by atoms with Gasteiger partial charge in [0, 0.05) is 11.8 Å². The van der Waals surface area contributed by atoms with Crippen molar-refractivity contribution in [2.45, 2.75) is 19.0 Å². The molecule has 11 nitrogen and oxygen atoms in total. The number of amides is 1. The molecular formula is C28H23F2N9O2. The van der Waals surface area contributed by atoms with Crippen molar-refractivity contribution in [1.82, 2.24) is 30.5 Å². The third kappa shape index (κ3) is 5.63. The molecule has 41 heavy (non-hydrogen) atoms. The Morgan fingerprint density at radius 1 is 1.07 bits per heavy atom. The molecular weight excluding hydrogens is 532 g/mol. The molecule has 0 aliphatic heterocycles. The van der Waals surface area contributed by atoms with Crippen LogP contribution in [0.3, 0.4) is 0 Å². The van der Waals surface area contributed by atoms with Gasteiger partial charge in [0.15, 0.2) is 40.3 Å². The number of aromatic nitrogens is 5. The Hall–Kier alpha value is -5.48. The quantitative estimate of drug-likeness (QED) is 0.190. The van der Waals surface area contributed by atoms with Crippen molar-refractivity contribution in [3.63, 3.8) is 0 Å². The molecule has 13 heteroatoms. The lowest BCUT2D eigenvalue weighted by molar-refractivity contribution is 0.0935. The highest BCUT2D eigenvalue weighted by Crippen LogP contribution is 2.27. The largest absolute Gasteiger partial charge is 0.394 e. The van der Waals surface area contributed by atoms with Gasteiger partial charge in [0.1, 0.15) is 6.07 Å². The number of nitriles is 1. The summed E-state index contributed by atoms with van der Waals surface area (Å²) in [5, 5.41) is 32.5. The number of hydrogen-bond donors (Lipinski definition) is 5. The number of carbonyl (C=O) groups is 1. The standard InChI is InChI=1S/C28H23F2N9O2/c1-14(17-6-7-21(29)22(30)9-17)35-28(41)24-27(34-12-19(10-31)36-24)37-23(13-40)16-4-2-15(3-5-16)18-8-20-25(32)38-39-26(20)33-11-18/h2-9,11-12,14,23,40H,13H2,1H3,(H,34,37)(H,35,41)(H3,32,33,38,39)/t14-,23-/m0/s1. The van der Waals surface area contributed by atoms with Crippen LogP contribution in [-0.2, 0) is 0 Å². The Bertz CT molecular complexity index is 1780. The van der Waals surface area contributed by atoms with E-state index < -0.39 is 29.6 Å². The first-order valence-electron chi connectivity index (χ1n) is 12.4. The fraction of sp³-hybridized carbons (Fsp3) is 0.143. The third-order valence-electron chi connectivity index (χ3n) is 6.48. The molecule has 206 valence electrons. The number of fused-ring (bicyclic) bond motifs is 1. The summed E-state index contributed by atoms with van der Waals surface area (Å²) in [5.41, 5.74) is 8.85. The lowest BCUT2D eigenvalue weighted by atomic mass is 10.0. The van der Waals surface area contributed by atoms with Crippen LogP contribution >= 0.6 is 0 Å². The van der Waals surface area contributed by atoms with Crippen molar-refractivity contribution in [2.24, 2.45) is 0 Å². The van der Waals surface area contributed by atoms with Gasteiger partial charge in [0.25, 0.3) is 5.91 Å². The Labute approximate surface area is 232 Å². The molecule has 0 unspecified atom stereocenters.